The van der Waals surface area contributed by atoms with Gasteiger partial charge in [-0.3, -0.25) is 0 Å². The van der Waals surface area contributed by atoms with E-state index in [1.807, 2.05) is 13.8 Å². The number of nitrogens with zero attached hydrogens (tertiary/aromatic N) is 1. The first-order chi connectivity index (χ1) is 7.35. The van der Waals surface area contributed by atoms with Crippen LogP contribution in [0, 0.1) is 5.41 Å². The Morgan fingerprint density at radius 1 is 1.44 bits per heavy atom. The zero-order valence-corrected chi connectivity index (χ0v) is 11.0. The van der Waals surface area contributed by atoms with Gasteiger partial charge in [-0.1, -0.05) is 19.1 Å². The summed E-state index contributed by atoms with van der Waals surface area (Å²) in [5.74, 6) is 0. The molecule has 0 radical (unpaired) electrons. The second-order valence-electron chi connectivity index (χ2n) is 4.84. The topological polar surface area (TPSA) is 55.6 Å². The van der Waals surface area contributed by atoms with Crippen molar-refractivity contribution in [3.63, 3.8) is 0 Å². The van der Waals surface area contributed by atoms with Gasteiger partial charge in [0.2, 0.25) is 0 Å². The molecule has 2 N–H and O–H groups in total. The standard InChI is InChI=1S/C11H20N2O2S/c1-8(2)15-10(14)13-6-4-11(3,5-7-13)9(12)16/h8H,4-7H2,1-3H3,(H2,12,16). The molecule has 0 saturated carbocycles. The molecule has 1 amide bonds. The third-order valence-electron chi connectivity index (χ3n) is 3.06. The van der Waals surface area contributed by atoms with E-state index in [1.54, 1.807) is 4.90 Å². The van der Waals surface area contributed by atoms with Crippen LogP contribution in [0.3, 0.4) is 0 Å². The first-order valence-electron chi connectivity index (χ1n) is 5.60. The second-order valence-corrected chi connectivity index (χ2v) is 5.28. The molecule has 1 aliphatic rings. The van der Waals surface area contributed by atoms with Gasteiger partial charge in [0.05, 0.1) is 11.1 Å². The lowest BCUT2D eigenvalue weighted by atomic mass is 9.80. The lowest BCUT2D eigenvalue weighted by molar-refractivity contribution is 0.0621. The molecule has 0 bridgehead atoms. The summed E-state index contributed by atoms with van der Waals surface area (Å²) in [6.07, 6.45) is 1.32. The molecule has 1 fully saturated rings. The van der Waals surface area contributed by atoms with Gasteiger partial charge in [-0.25, -0.2) is 4.79 Å². The molecule has 1 saturated heterocycles. The van der Waals surface area contributed by atoms with Crippen LogP contribution in [0.4, 0.5) is 4.79 Å². The molecule has 0 aromatic carbocycles. The quantitative estimate of drug-likeness (QED) is 0.754. The Kier molecular flexibility index (Phi) is 4.13. The molecular formula is C11H20N2O2S. The maximum absolute atomic E-state index is 11.6. The SMILES string of the molecule is CC(C)OC(=O)N1CCC(C)(C(N)=S)CC1. The van der Waals surface area contributed by atoms with Crippen LogP contribution in [0.15, 0.2) is 0 Å². The van der Waals surface area contributed by atoms with E-state index in [0.29, 0.717) is 18.1 Å². The third-order valence-corrected chi connectivity index (χ3v) is 3.55. The monoisotopic (exact) mass is 244 g/mol. The molecule has 1 aliphatic heterocycles. The third kappa shape index (κ3) is 3.07. The van der Waals surface area contributed by atoms with Gasteiger partial charge < -0.3 is 15.4 Å². The minimum absolute atomic E-state index is 0.0728. The smallest absolute Gasteiger partial charge is 0.410 e. The van der Waals surface area contributed by atoms with Crippen molar-refractivity contribution in [2.75, 3.05) is 13.1 Å². The largest absolute Gasteiger partial charge is 0.447 e. The summed E-state index contributed by atoms with van der Waals surface area (Å²) in [4.78, 5) is 13.9. The summed E-state index contributed by atoms with van der Waals surface area (Å²) >= 11 is 5.05. The Hall–Kier alpha value is -0.840. The Labute approximate surface area is 102 Å². The van der Waals surface area contributed by atoms with E-state index in [2.05, 4.69) is 6.92 Å². The Bertz CT molecular complexity index is 284. The Morgan fingerprint density at radius 3 is 2.31 bits per heavy atom. The Balaban J connectivity index is 2.49. The van der Waals surface area contributed by atoms with Gasteiger partial charge in [-0.2, -0.15) is 0 Å². The molecule has 0 unspecified atom stereocenters. The highest BCUT2D eigenvalue weighted by Crippen LogP contribution is 2.31. The van der Waals surface area contributed by atoms with Gasteiger partial charge in [0, 0.05) is 18.5 Å². The minimum atomic E-state index is -0.236. The van der Waals surface area contributed by atoms with Gasteiger partial charge in [-0.05, 0) is 26.7 Å². The molecule has 0 aromatic rings. The van der Waals surface area contributed by atoms with Crippen LogP contribution in [-0.4, -0.2) is 35.2 Å². The van der Waals surface area contributed by atoms with E-state index >= 15 is 0 Å². The summed E-state index contributed by atoms with van der Waals surface area (Å²) in [7, 11) is 0. The molecule has 16 heavy (non-hydrogen) atoms. The molecule has 92 valence electrons. The highest BCUT2D eigenvalue weighted by atomic mass is 32.1. The number of hydrogen-bond donors (Lipinski definition) is 1. The first-order valence-corrected chi connectivity index (χ1v) is 6.01. The number of rotatable bonds is 2. The summed E-state index contributed by atoms with van der Waals surface area (Å²) in [5, 5.41) is 0. The summed E-state index contributed by atoms with van der Waals surface area (Å²) in [5.41, 5.74) is 5.59. The van der Waals surface area contributed by atoms with Crippen molar-refractivity contribution in [3.05, 3.63) is 0 Å². The zero-order chi connectivity index (χ0) is 12.3. The molecule has 4 nitrogen and oxygen atoms in total. The van der Waals surface area contributed by atoms with Gasteiger partial charge in [0.15, 0.2) is 0 Å². The maximum Gasteiger partial charge on any atom is 0.410 e. The Morgan fingerprint density at radius 2 is 1.94 bits per heavy atom. The van der Waals surface area contributed by atoms with Crippen molar-refractivity contribution in [2.45, 2.75) is 39.7 Å². The van der Waals surface area contributed by atoms with Crippen LogP contribution >= 0.6 is 12.2 Å². The minimum Gasteiger partial charge on any atom is -0.447 e. The van der Waals surface area contributed by atoms with E-state index < -0.39 is 0 Å². The van der Waals surface area contributed by atoms with Crippen LogP contribution in [0.2, 0.25) is 0 Å². The lowest BCUT2D eigenvalue weighted by Crippen LogP contribution is -2.47. The normalized spacial score (nSPS) is 19.6. The number of nitrogens with two attached hydrogens (primary N) is 1. The van der Waals surface area contributed by atoms with E-state index in [-0.39, 0.29) is 17.6 Å². The van der Waals surface area contributed by atoms with Crippen LogP contribution in [0.5, 0.6) is 0 Å². The average molecular weight is 244 g/mol. The zero-order valence-electron chi connectivity index (χ0n) is 10.2. The number of likely N-dealkylation sites (tertiary alicyclic amines) is 1. The number of ether oxygens (including phenoxy) is 1. The molecule has 0 atom stereocenters. The van der Waals surface area contributed by atoms with Crippen molar-refractivity contribution in [1.82, 2.24) is 4.90 Å². The van der Waals surface area contributed by atoms with E-state index in [1.165, 1.54) is 0 Å². The summed E-state index contributed by atoms with van der Waals surface area (Å²) in [6, 6.07) is 0. The van der Waals surface area contributed by atoms with Crippen LogP contribution < -0.4 is 5.73 Å². The number of amides is 1. The molecule has 0 spiro atoms. The molecule has 1 rings (SSSR count). The van der Waals surface area contributed by atoms with Gasteiger partial charge in [0.1, 0.15) is 0 Å². The molecule has 1 heterocycles. The predicted molar refractivity (Wildman–Crippen MR) is 67.3 cm³/mol. The van der Waals surface area contributed by atoms with Gasteiger partial charge in [0.25, 0.3) is 0 Å². The fourth-order valence-corrected chi connectivity index (χ4v) is 1.91. The highest BCUT2D eigenvalue weighted by Gasteiger charge is 2.34. The van der Waals surface area contributed by atoms with Gasteiger partial charge >= 0.3 is 6.09 Å². The van der Waals surface area contributed by atoms with Crippen LogP contribution in [-0.2, 0) is 4.74 Å². The van der Waals surface area contributed by atoms with Crippen molar-refractivity contribution >= 4 is 23.3 Å². The van der Waals surface area contributed by atoms with Crippen LogP contribution in [0.25, 0.3) is 0 Å². The second kappa shape index (κ2) is 4.99. The maximum atomic E-state index is 11.6. The van der Waals surface area contributed by atoms with Crippen LogP contribution in [0.1, 0.15) is 33.6 Å². The fourth-order valence-electron chi connectivity index (χ4n) is 1.71. The summed E-state index contributed by atoms with van der Waals surface area (Å²) in [6.45, 7) is 7.08. The number of carbonyl (C=O) groups is 1. The fraction of sp³-hybridized carbons (Fsp3) is 0.818. The number of hydrogen-bond acceptors (Lipinski definition) is 3. The predicted octanol–water partition coefficient (Wildman–Crippen LogP) is 1.92. The number of carbonyl (C=O) groups excluding carboxylic acids is 1. The highest BCUT2D eigenvalue weighted by molar-refractivity contribution is 7.80. The number of piperidine rings is 1. The molecule has 5 heteroatoms. The van der Waals surface area contributed by atoms with Crippen molar-refractivity contribution in [3.8, 4) is 0 Å². The van der Waals surface area contributed by atoms with Gasteiger partial charge in [-0.15, -0.1) is 0 Å². The molecular weight excluding hydrogens is 224 g/mol. The average Bonchev–Trinajstić information content (AvgIpc) is 2.17. The van der Waals surface area contributed by atoms with Crippen molar-refractivity contribution in [1.29, 1.82) is 0 Å². The van der Waals surface area contributed by atoms with E-state index in [0.717, 1.165) is 12.8 Å². The molecule has 0 aliphatic carbocycles. The number of thiocarbonyl (C=S) groups is 1. The molecule has 0 aromatic heterocycles. The van der Waals surface area contributed by atoms with Crippen molar-refractivity contribution in [2.24, 2.45) is 11.1 Å². The summed E-state index contributed by atoms with van der Waals surface area (Å²) < 4.78 is 5.14. The lowest BCUT2D eigenvalue weighted by Gasteiger charge is -2.38. The van der Waals surface area contributed by atoms with E-state index in [4.69, 9.17) is 22.7 Å². The van der Waals surface area contributed by atoms with Crippen molar-refractivity contribution < 1.29 is 9.53 Å². The van der Waals surface area contributed by atoms with E-state index in [9.17, 15) is 4.79 Å². The first kappa shape index (κ1) is 13.2.